The van der Waals surface area contributed by atoms with E-state index in [-0.39, 0.29) is 10.5 Å². The van der Waals surface area contributed by atoms with Crippen LogP contribution in [0.2, 0.25) is 0 Å². The first-order chi connectivity index (χ1) is 7.41. The zero-order valence-electron chi connectivity index (χ0n) is 8.97. The average molecular weight is 237 g/mol. The van der Waals surface area contributed by atoms with Crippen LogP contribution in [0.3, 0.4) is 0 Å². The number of carbonyl (C=O) groups excluding carboxylic acids is 1. The van der Waals surface area contributed by atoms with E-state index < -0.39 is 20.9 Å². The van der Waals surface area contributed by atoms with Crippen LogP contribution in [0.15, 0.2) is 29.2 Å². The van der Waals surface area contributed by atoms with Gasteiger partial charge in [0.1, 0.15) is 6.07 Å². The smallest absolute Gasteiger partial charge is 0.263 e. The van der Waals surface area contributed by atoms with Crippen molar-refractivity contribution >= 4 is 15.6 Å². The fourth-order valence-corrected chi connectivity index (χ4v) is 2.46. The summed E-state index contributed by atoms with van der Waals surface area (Å²) in [4.78, 5) is 11.2. The second-order valence-corrected chi connectivity index (χ2v) is 6.00. The molecule has 0 radical (unpaired) electrons. The molecule has 0 unspecified atom stereocenters. The summed E-state index contributed by atoms with van der Waals surface area (Å²) in [6, 6.07) is 7.19. The fourth-order valence-electron chi connectivity index (χ4n) is 1.22. The Bertz CT molecular complexity index is 553. The minimum absolute atomic E-state index is 0.0568. The van der Waals surface area contributed by atoms with Crippen LogP contribution >= 0.6 is 0 Å². The summed E-state index contributed by atoms with van der Waals surface area (Å²) >= 11 is 0. The molecule has 5 heteroatoms. The SMILES string of the molecule is CC(C)S(=O)(=O)c1ccccc1C(=O)C#N. The van der Waals surface area contributed by atoms with Crippen LogP contribution in [-0.4, -0.2) is 19.5 Å². The lowest BCUT2D eigenvalue weighted by Crippen LogP contribution is -2.17. The molecule has 0 aliphatic rings. The van der Waals surface area contributed by atoms with Gasteiger partial charge in [0.25, 0.3) is 5.78 Å². The molecule has 1 rings (SSSR count). The predicted octanol–water partition coefficient (Wildman–Crippen LogP) is 1.57. The van der Waals surface area contributed by atoms with E-state index in [9.17, 15) is 13.2 Å². The third-order valence-electron chi connectivity index (χ3n) is 2.16. The van der Waals surface area contributed by atoms with Crippen LogP contribution in [0.5, 0.6) is 0 Å². The molecule has 1 aromatic carbocycles. The maximum absolute atomic E-state index is 11.9. The van der Waals surface area contributed by atoms with Gasteiger partial charge >= 0.3 is 0 Å². The molecule has 1 aromatic rings. The Morgan fingerprint density at radius 3 is 2.38 bits per heavy atom. The van der Waals surface area contributed by atoms with Gasteiger partial charge in [-0.3, -0.25) is 4.79 Å². The quantitative estimate of drug-likeness (QED) is 0.590. The Balaban J connectivity index is 3.48. The van der Waals surface area contributed by atoms with Gasteiger partial charge in [-0.25, -0.2) is 8.42 Å². The maximum Gasteiger partial charge on any atom is 0.263 e. The Morgan fingerprint density at radius 2 is 1.88 bits per heavy atom. The molecule has 0 N–H and O–H groups in total. The normalized spacial score (nSPS) is 11.1. The molecule has 16 heavy (non-hydrogen) atoms. The van der Waals surface area contributed by atoms with Crippen molar-refractivity contribution in [2.24, 2.45) is 0 Å². The molecule has 0 heterocycles. The number of carbonyl (C=O) groups is 1. The van der Waals surface area contributed by atoms with E-state index in [1.807, 2.05) is 0 Å². The Labute approximate surface area is 94.4 Å². The summed E-state index contributed by atoms with van der Waals surface area (Å²) < 4.78 is 23.8. The highest BCUT2D eigenvalue weighted by Crippen LogP contribution is 2.20. The van der Waals surface area contributed by atoms with E-state index in [1.165, 1.54) is 44.2 Å². The maximum atomic E-state index is 11.9. The summed E-state index contributed by atoms with van der Waals surface area (Å²) in [5.41, 5.74) is -0.0568. The van der Waals surface area contributed by atoms with Crippen molar-refractivity contribution in [3.63, 3.8) is 0 Å². The standard InChI is InChI=1S/C11H11NO3S/c1-8(2)16(14,15)11-6-4-3-5-9(11)10(13)7-12/h3-6,8H,1-2H3. The molecule has 0 spiro atoms. The van der Waals surface area contributed by atoms with E-state index in [1.54, 1.807) is 0 Å². The zero-order valence-corrected chi connectivity index (χ0v) is 9.78. The molecule has 0 aliphatic carbocycles. The lowest BCUT2D eigenvalue weighted by Gasteiger charge is -2.09. The molecule has 0 atom stereocenters. The minimum atomic E-state index is -3.53. The number of hydrogen-bond donors (Lipinski definition) is 0. The monoisotopic (exact) mass is 237 g/mol. The molecular formula is C11H11NO3S. The topological polar surface area (TPSA) is 75.0 Å². The number of benzene rings is 1. The van der Waals surface area contributed by atoms with Gasteiger partial charge in [0.2, 0.25) is 0 Å². The van der Waals surface area contributed by atoms with Crippen molar-refractivity contribution in [1.82, 2.24) is 0 Å². The first-order valence-electron chi connectivity index (χ1n) is 4.68. The summed E-state index contributed by atoms with van der Waals surface area (Å²) in [7, 11) is -3.53. The third-order valence-corrected chi connectivity index (χ3v) is 4.37. The Morgan fingerprint density at radius 1 is 1.31 bits per heavy atom. The number of ketones is 1. The van der Waals surface area contributed by atoms with Gasteiger partial charge in [-0.15, -0.1) is 0 Å². The third kappa shape index (κ3) is 2.12. The highest BCUT2D eigenvalue weighted by atomic mass is 32.2. The van der Waals surface area contributed by atoms with Crippen LogP contribution in [0.1, 0.15) is 24.2 Å². The lowest BCUT2D eigenvalue weighted by molar-refractivity contribution is 0.105. The van der Waals surface area contributed by atoms with E-state index in [0.29, 0.717) is 0 Å². The second kappa shape index (κ2) is 4.45. The van der Waals surface area contributed by atoms with Crippen molar-refractivity contribution in [3.8, 4) is 6.07 Å². The first kappa shape index (κ1) is 12.4. The summed E-state index contributed by atoms with van der Waals surface area (Å²) in [5.74, 6) is -0.833. The molecule has 4 nitrogen and oxygen atoms in total. The van der Waals surface area contributed by atoms with E-state index in [4.69, 9.17) is 5.26 Å². The summed E-state index contributed by atoms with van der Waals surface area (Å²) in [6.07, 6.45) is 0. The molecule has 0 fully saturated rings. The van der Waals surface area contributed by atoms with Gasteiger partial charge in [-0.1, -0.05) is 12.1 Å². The average Bonchev–Trinajstić information content (AvgIpc) is 2.27. The number of sulfone groups is 1. The van der Waals surface area contributed by atoms with Gasteiger partial charge in [0.15, 0.2) is 9.84 Å². The molecule has 0 bridgehead atoms. The van der Waals surface area contributed by atoms with Crippen LogP contribution in [0.4, 0.5) is 0 Å². The van der Waals surface area contributed by atoms with Crippen molar-refractivity contribution < 1.29 is 13.2 Å². The van der Waals surface area contributed by atoms with Crippen LogP contribution in [-0.2, 0) is 9.84 Å². The van der Waals surface area contributed by atoms with E-state index >= 15 is 0 Å². The number of Topliss-reactive ketones (excluding diaryl/α,β-unsaturated/α-hetero) is 1. The van der Waals surface area contributed by atoms with Crippen molar-refractivity contribution in [3.05, 3.63) is 29.8 Å². The van der Waals surface area contributed by atoms with Crippen LogP contribution in [0, 0.1) is 11.3 Å². The molecule has 0 aliphatic heterocycles. The predicted molar refractivity (Wildman–Crippen MR) is 58.7 cm³/mol. The van der Waals surface area contributed by atoms with Crippen molar-refractivity contribution in [2.75, 3.05) is 0 Å². The molecule has 0 saturated carbocycles. The Kier molecular flexibility index (Phi) is 3.45. The largest absolute Gasteiger partial charge is 0.277 e. The molecule has 0 amide bonds. The zero-order chi connectivity index (χ0) is 12.3. The van der Waals surface area contributed by atoms with Crippen molar-refractivity contribution in [1.29, 1.82) is 5.26 Å². The number of nitriles is 1. The number of rotatable bonds is 3. The Hall–Kier alpha value is -1.67. The first-order valence-corrected chi connectivity index (χ1v) is 6.23. The molecular weight excluding hydrogens is 226 g/mol. The summed E-state index contributed by atoms with van der Waals surface area (Å²) in [6.45, 7) is 3.06. The number of hydrogen-bond acceptors (Lipinski definition) is 4. The van der Waals surface area contributed by atoms with Gasteiger partial charge in [0, 0.05) is 0 Å². The van der Waals surface area contributed by atoms with E-state index in [0.717, 1.165) is 0 Å². The van der Waals surface area contributed by atoms with Gasteiger partial charge < -0.3 is 0 Å². The minimum Gasteiger partial charge on any atom is -0.277 e. The van der Waals surface area contributed by atoms with Gasteiger partial charge in [-0.05, 0) is 26.0 Å². The summed E-state index contributed by atoms with van der Waals surface area (Å²) in [5, 5.41) is 7.90. The van der Waals surface area contributed by atoms with Crippen LogP contribution in [0.25, 0.3) is 0 Å². The number of nitrogens with zero attached hydrogens (tertiary/aromatic N) is 1. The van der Waals surface area contributed by atoms with Gasteiger partial charge in [-0.2, -0.15) is 5.26 Å². The molecule has 84 valence electrons. The van der Waals surface area contributed by atoms with Crippen molar-refractivity contribution in [2.45, 2.75) is 24.0 Å². The highest BCUT2D eigenvalue weighted by molar-refractivity contribution is 7.92. The molecule has 0 saturated heterocycles. The molecule has 0 aromatic heterocycles. The fraction of sp³-hybridized carbons (Fsp3) is 0.273. The van der Waals surface area contributed by atoms with Crippen LogP contribution < -0.4 is 0 Å². The highest BCUT2D eigenvalue weighted by Gasteiger charge is 2.24. The van der Waals surface area contributed by atoms with Gasteiger partial charge in [0.05, 0.1) is 15.7 Å². The second-order valence-electron chi connectivity index (χ2n) is 3.53. The lowest BCUT2D eigenvalue weighted by atomic mass is 10.1. The van der Waals surface area contributed by atoms with E-state index in [2.05, 4.69) is 0 Å².